The molecule has 0 aromatic carbocycles. The molecule has 1 aliphatic heterocycles. The summed E-state index contributed by atoms with van der Waals surface area (Å²) in [5.74, 6) is 2.15. The monoisotopic (exact) mass is 241 g/mol. The van der Waals surface area contributed by atoms with Gasteiger partial charge in [0.2, 0.25) is 0 Å². The van der Waals surface area contributed by atoms with Crippen LogP contribution in [0.2, 0.25) is 0 Å². The van der Waals surface area contributed by atoms with E-state index in [2.05, 4.69) is 10.4 Å². The Morgan fingerprint density at radius 2 is 2.50 bits per heavy atom. The third-order valence-corrected chi connectivity index (χ3v) is 4.57. The number of methoxy groups -OCH3 is 1. The number of hydrogen-bond acceptors (Lipinski definition) is 4. The normalized spacial score (nSPS) is 22.3. The summed E-state index contributed by atoms with van der Waals surface area (Å²) in [5, 5.41) is 8.30. The van der Waals surface area contributed by atoms with Crippen LogP contribution < -0.4 is 10.1 Å². The molecular formula is C11H19N3OS. The first-order chi connectivity index (χ1) is 7.77. The molecule has 0 bridgehead atoms. The fraction of sp³-hybridized carbons (Fsp3) is 0.727. The van der Waals surface area contributed by atoms with Gasteiger partial charge in [0.05, 0.1) is 25.0 Å². The van der Waals surface area contributed by atoms with Gasteiger partial charge in [0.25, 0.3) is 0 Å². The molecule has 2 rings (SSSR count). The highest BCUT2D eigenvalue weighted by Gasteiger charge is 2.30. The van der Waals surface area contributed by atoms with Gasteiger partial charge in [-0.2, -0.15) is 16.9 Å². The van der Waals surface area contributed by atoms with E-state index in [1.807, 2.05) is 30.5 Å². The molecule has 0 aliphatic carbocycles. The topological polar surface area (TPSA) is 39.1 Å². The minimum absolute atomic E-state index is 0.329. The molecule has 1 aromatic heterocycles. The molecule has 4 nitrogen and oxygen atoms in total. The zero-order valence-corrected chi connectivity index (χ0v) is 10.9. The van der Waals surface area contributed by atoms with E-state index in [0.29, 0.717) is 11.3 Å². The van der Waals surface area contributed by atoms with E-state index >= 15 is 0 Å². The van der Waals surface area contributed by atoms with E-state index in [1.165, 1.54) is 18.6 Å². The molecule has 1 aromatic rings. The molecule has 1 aliphatic rings. The maximum atomic E-state index is 5.38. The van der Waals surface area contributed by atoms with Gasteiger partial charge in [-0.25, -0.2) is 0 Å². The number of ether oxygens (including phenoxy) is 1. The van der Waals surface area contributed by atoms with E-state index in [1.54, 1.807) is 13.3 Å². The average Bonchev–Trinajstić information content (AvgIpc) is 2.91. The predicted molar refractivity (Wildman–Crippen MR) is 67.0 cm³/mol. The van der Waals surface area contributed by atoms with Crippen molar-refractivity contribution in [1.82, 2.24) is 15.1 Å². The van der Waals surface area contributed by atoms with E-state index in [0.717, 1.165) is 11.4 Å². The number of aryl methyl sites for hydroxylation is 1. The lowest BCUT2D eigenvalue weighted by molar-refractivity contribution is 0.394. The first-order valence-corrected chi connectivity index (χ1v) is 6.67. The molecule has 16 heavy (non-hydrogen) atoms. The molecule has 5 heteroatoms. The second-order valence-corrected chi connectivity index (χ2v) is 5.39. The smallest absolute Gasteiger partial charge is 0.161 e. The van der Waals surface area contributed by atoms with E-state index in [-0.39, 0.29) is 0 Å². The molecule has 2 heterocycles. The molecule has 2 atom stereocenters. The highest BCUT2D eigenvalue weighted by Crippen LogP contribution is 2.38. The molecule has 2 unspecified atom stereocenters. The first-order valence-electron chi connectivity index (χ1n) is 5.62. The van der Waals surface area contributed by atoms with Crippen LogP contribution in [0.15, 0.2) is 6.20 Å². The Hall–Kier alpha value is -0.680. The lowest BCUT2D eigenvalue weighted by Gasteiger charge is -2.23. The summed E-state index contributed by atoms with van der Waals surface area (Å²) >= 11 is 2.04. The van der Waals surface area contributed by atoms with E-state index in [9.17, 15) is 0 Å². The lowest BCUT2D eigenvalue weighted by atomic mass is 10.1. The second kappa shape index (κ2) is 5.10. The van der Waals surface area contributed by atoms with E-state index in [4.69, 9.17) is 4.74 Å². The maximum Gasteiger partial charge on any atom is 0.161 e. The number of nitrogens with zero attached hydrogens (tertiary/aromatic N) is 2. The Morgan fingerprint density at radius 1 is 1.69 bits per heavy atom. The second-order valence-electron chi connectivity index (χ2n) is 4.04. The molecule has 0 saturated carbocycles. The van der Waals surface area contributed by atoms with Crippen LogP contribution in [0, 0.1) is 0 Å². The standard InChI is InChI=1S/C11H19N3OS/c1-12-10(9-5-4-6-16-9)11-8(15-3)7-13-14(11)2/h7,9-10,12H,4-6H2,1-3H3. The quantitative estimate of drug-likeness (QED) is 0.869. The molecule has 0 radical (unpaired) electrons. The van der Waals surface area contributed by atoms with Crippen molar-refractivity contribution < 1.29 is 4.74 Å². The van der Waals surface area contributed by atoms with Gasteiger partial charge >= 0.3 is 0 Å². The Morgan fingerprint density at radius 3 is 3.06 bits per heavy atom. The summed E-state index contributed by atoms with van der Waals surface area (Å²) in [4.78, 5) is 0. The number of nitrogens with one attached hydrogen (secondary N) is 1. The summed E-state index contributed by atoms with van der Waals surface area (Å²) in [5.41, 5.74) is 1.16. The van der Waals surface area contributed by atoms with Crippen molar-refractivity contribution in [1.29, 1.82) is 0 Å². The van der Waals surface area contributed by atoms with Gasteiger partial charge in [-0.05, 0) is 25.6 Å². The Kier molecular flexibility index (Phi) is 3.76. The maximum absolute atomic E-state index is 5.38. The van der Waals surface area contributed by atoms with Crippen molar-refractivity contribution in [2.45, 2.75) is 24.1 Å². The van der Waals surface area contributed by atoms with Gasteiger partial charge in [0.1, 0.15) is 0 Å². The average molecular weight is 241 g/mol. The summed E-state index contributed by atoms with van der Waals surface area (Å²) in [6.07, 6.45) is 4.37. The Labute approximate surface area is 101 Å². The predicted octanol–water partition coefficient (Wildman–Crippen LogP) is 1.58. The summed E-state index contributed by atoms with van der Waals surface area (Å²) in [6, 6.07) is 0.329. The van der Waals surface area contributed by atoms with Crippen molar-refractivity contribution in [2.75, 3.05) is 19.9 Å². The van der Waals surface area contributed by atoms with Crippen LogP contribution in [0.25, 0.3) is 0 Å². The molecule has 1 N–H and O–H groups in total. The Balaban J connectivity index is 2.27. The highest BCUT2D eigenvalue weighted by molar-refractivity contribution is 8.00. The summed E-state index contributed by atoms with van der Waals surface area (Å²) in [7, 11) is 5.69. The largest absolute Gasteiger partial charge is 0.493 e. The number of hydrogen-bond donors (Lipinski definition) is 1. The zero-order valence-electron chi connectivity index (χ0n) is 10.1. The Bertz CT molecular complexity index is 347. The van der Waals surface area contributed by atoms with Crippen LogP contribution >= 0.6 is 11.8 Å². The van der Waals surface area contributed by atoms with Crippen LogP contribution in [0.1, 0.15) is 24.6 Å². The third-order valence-electron chi connectivity index (χ3n) is 3.11. The first kappa shape index (κ1) is 11.8. The SMILES string of the molecule is CNC(c1c(OC)cnn1C)C1CCCS1. The number of thioether (sulfide) groups is 1. The minimum Gasteiger partial charge on any atom is -0.493 e. The van der Waals surface area contributed by atoms with Crippen LogP contribution in [0.5, 0.6) is 5.75 Å². The number of aromatic nitrogens is 2. The lowest BCUT2D eigenvalue weighted by Crippen LogP contribution is -2.28. The van der Waals surface area contributed by atoms with E-state index < -0.39 is 0 Å². The molecule has 0 amide bonds. The van der Waals surface area contributed by atoms with Gasteiger partial charge in [-0.1, -0.05) is 0 Å². The molecule has 90 valence electrons. The summed E-state index contributed by atoms with van der Waals surface area (Å²) < 4.78 is 7.29. The number of rotatable bonds is 4. The highest BCUT2D eigenvalue weighted by atomic mass is 32.2. The van der Waals surface area contributed by atoms with Crippen molar-refractivity contribution in [3.63, 3.8) is 0 Å². The minimum atomic E-state index is 0.329. The van der Waals surface area contributed by atoms with Crippen LogP contribution in [0.3, 0.4) is 0 Å². The van der Waals surface area contributed by atoms with Crippen molar-refractivity contribution in [2.24, 2.45) is 7.05 Å². The van der Waals surface area contributed by atoms with Crippen LogP contribution in [-0.4, -0.2) is 34.9 Å². The fourth-order valence-electron chi connectivity index (χ4n) is 2.30. The van der Waals surface area contributed by atoms with Gasteiger partial charge in [0, 0.05) is 12.3 Å². The molecule has 1 saturated heterocycles. The molecular weight excluding hydrogens is 222 g/mol. The van der Waals surface area contributed by atoms with Gasteiger partial charge in [-0.3, -0.25) is 4.68 Å². The van der Waals surface area contributed by atoms with Gasteiger partial charge in [0.15, 0.2) is 5.75 Å². The van der Waals surface area contributed by atoms with Crippen LogP contribution in [0.4, 0.5) is 0 Å². The fourth-order valence-corrected chi connectivity index (χ4v) is 3.73. The van der Waals surface area contributed by atoms with Gasteiger partial charge < -0.3 is 10.1 Å². The van der Waals surface area contributed by atoms with Crippen molar-refractivity contribution >= 4 is 11.8 Å². The molecule has 1 fully saturated rings. The summed E-state index contributed by atoms with van der Waals surface area (Å²) in [6.45, 7) is 0. The van der Waals surface area contributed by atoms with Crippen LogP contribution in [-0.2, 0) is 7.05 Å². The third kappa shape index (κ3) is 2.06. The van der Waals surface area contributed by atoms with Gasteiger partial charge in [-0.15, -0.1) is 0 Å². The zero-order chi connectivity index (χ0) is 11.5. The van der Waals surface area contributed by atoms with Crippen molar-refractivity contribution in [3.8, 4) is 5.75 Å². The van der Waals surface area contributed by atoms with Crippen molar-refractivity contribution in [3.05, 3.63) is 11.9 Å². The molecule has 0 spiro atoms.